The third kappa shape index (κ3) is 8.66. The van der Waals surface area contributed by atoms with Crippen LogP contribution >= 0.6 is 0 Å². The van der Waals surface area contributed by atoms with Gasteiger partial charge in [-0.1, -0.05) is 25.0 Å². The van der Waals surface area contributed by atoms with Gasteiger partial charge in [-0.2, -0.15) is 0 Å². The van der Waals surface area contributed by atoms with Crippen LogP contribution in [0, 0.1) is 6.92 Å². The van der Waals surface area contributed by atoms with Gasteiger partial charge in [0, 0.05) is 5.54 Å². The molecule has 0 aliphatic heterocycles. The number of unbranched alkanes of at least 4 members (excludes halogenated alkanes) is 3. The first-order chi connectivity index (χ1) is 8.97. The van der Waals surface area contributed by atoms with E-state index in [1.165, 1.54) is 24.8 Å². The van der Waals surface area contributed by atoms with Crippen molar-refractivity contribution in [3.8, 4) is 5.75 Å². The van der Waals surface area contributed by atoms with Gasteiger partial charge >= 0.3 is 0 Å². The summed E-state index contributed by atoms with van der Waals surface area (Å²) in [4.78, 5) is 0. The molecule has 0 radical (unpaired) electrons. The van der Waals surface area contributed by atoms with Crippen LogP contribution in [0.25, 0.3) is 0 Å². The zero-order chi connectivity index (χ0) is 14.1. The molecule has 2 nitrogen and oxygen atoms in total. The molecule has 1 aromatic rings. The van der Waals surface area contributed by atoms with Gasteiger partial charge < -0.3 is 10.1 Å². The molecule has 1 rings (SSSR count). The van der Waals surface area contributed by atoms with Crippen LogP contribution in [0.5, 0.6) is 5.75 Å². The summed E-state index contributed by atoms with van der Waals surface area (Å²) < 4.78 is 5.73. The van der Waals surface area contributed by atoms with Crippen molar-refractivity contribution in [3.63, 3.8) is 0 Å². The van der Waals surface area contributed by atoms with Crippen molar-refractivity contribution in [2.75, 3.05) is 13.2 Å². The zero-order valence-electron chi connectivity index (χ0n) is 13.0. The fraction of sp³-hybridized carbons (Fsp3) is 0.647. The van der Waals surface area contributed by atoms with Crippen molar-refractivity contribution >= 4 is 0 Å². The normalized spacial score (nSPS) is 11.6. The monoisotopic (exact) mass is 263 g/mol. The number of aryl methyl sites for hydroxylation is 1. The highest BCUT2D eigenvalue weighted by atomic mass is 16.5. The molecule has 0 spiro atoms. The highest BCUT2D eigenvalue weighted by Gasteiger charge is 2.06. The van der Waals surface area contributed by atoms with Crippen LogP contribution < -0.4 is 10.1 Å². The van der Waals surface area contributed by atoms with Crippen molar-refractivity contribution in [3.05, 3.63) is 29.8 Å². The minimum Gasteiger partial charge on any atom is -0.494 e. The number of nitrogens with one attached hydrogen (secondary N) is 1. The van der Waals surface area contributed by atoms with E-state index in [0.29, 0.717) is 0 Å². The maximum atomic E-state index is 5.73. The molecular weight excluding hydrogens is 234 g/mol. The summed E-state index contributed by atoms with van der Waals surface area (Å²) in [6, 6.07) is 8.26. The van der Waals surface area contributed by atoms with Crippen LogP contribution in [-0.2, 0) is 0 Å². The van der Waals surface area contributed by atoms with Gasteiger partial charge in [-0.15, -0.1) is 0 Å². The smallest absolute Gasteiger partial charge is 0.119 e. The summed E-state index contributed by atoms with van der Waals surface area (Å²) in [5, 5.41) is 3.51. The molecule has 2 heteroatoms. The van der Waals surface area contributed by atoms with Crippen LogP contribution in [0.4, 0.5) is 0 Å². The Balaban J connectivity index is 1.97. The summed E-state index contributed by atoms with van der Waals surface area (Å²) in [7, 11) is 0. The molecular formula is C17H29NO. The summed E-state index contributed by atoms with van der Waals surface area (Å²) in [5.74, 6) is 0.995. The topological polar surface area (TPSA) is 21.3 Å². The largest absolute Gasteiger partial charge is 0.494 e. The predicted octanol–water partition coefficient (Wildman–Crippen LogP) is 4.32. The third-order valence-corrected chi connectivity index (χ3v) is 2.98. The Morgan fingerprint density at radius 1 is 1.05 bits per heavy atom. The predicted molar refractivity (Wildman–Crippen MR) is 82.9 cm³/mol. The summed E-state index contributed by atoms with van der Waals surface area (Å²) in [6.07, 6.45) is 4.92. The third-order valence-electron chi connectivity index (χ3n) is 2.98. The Bertz CT molecular complexity index is 355. The fourth-order valence-corrected chi connectivity index (χ4v) is 1.94. The zero-order valence-corrected chi connectivity index (χ0v) is 13.0. The van der Waals surface area contributed by atoms with Gasteiger partial charge in [0.15, 0.2) is 0 Å². The molecule has 0 unspecified atom stereocenters. The molecule has 0 bridgehead atoms. The van der Waals surface area contributed by atoms with Crippen molar-refractivity contribution in [2.45, 2.75) is 58.9 Å². The molecule has 0 aliphatic rings. The van der Waals surface area contributed by atoms with Crippen molar-refractivity contribution < 1.29 is 4.74 Å². The first kappa shape index (κ1) is 16.0. The van der Waals surface area contributed by atoms with E-state index in [1.807, 2.05) is 12.1 Å². The van der Waals surface area contributed by atoms with Crippen LogP contribution in [0.15, 0.2) is 24.3 Å². The van der Waals surface area contributed by atoms with E-state index in [-0.39, 0.29) is 5.54 Å². The molecule has 0 heterocycles. The summed E-state index contributed by atoms with van der Waals surface area (Å²) in [5.41, 5.74) is 1.50. The second-order valence-electron chi connectivity index (χ2n) is 6.26. The van der Waals surface area contributed by atoms with Gasteiger partial charge in [0.05, 0.1) is 6.61 Å². The Morgan fingerprint density at radius 3 is 2.47 bits per heavy atom. The van der Waals surface area contributed by atoms with Gasteiger partial charge in [-0.3, -0.25) is 0 Å². The van der Waals surface area contributed by atoms with Crippen LogP contribution in [0.2, 0.25) is 0 Å². The number of ether oxygens (including phenoxy) is 1. The molecule has 19 heavy (non-hydrogen) atoms. The lowest BCUT2D eigenvalue weighted by Crippen LogP contribution is -2.36. The molecule has 0 fully saturated rings. The molecule has 0 aliphatic carbocycles. The first-order valence-corrected chi connectivity index (χ1v) is 7.42. The quantitative estimate of drug-likeness (QED) is 0.705. The van der Waals surface area contributed by atoms with Gasteiger partial charge in [0.25, 0.3) is 0 Å². The Kier molecular flexibility index (Phi) is 6.93. The molecule has 0 amide bonds. The average molecular weight is 263 g/mol. The van der Waals surface area contributed by atoms with Gasteiger partial charge in [0.1, 0.15) is 5.75 Å². The van der Waals surface area contributed by atoms with Crippen LogP contribution in [0.3, 0.4) is 0 Å². The Labute approximate surface area is 118 Å². The molecule has 108 valence electrons. The van der Waals surface area contributed by atoms with Crippen molar-refractivity contribution in [2.24, 2.45) is 0 Å². The van der Waals surface area contributed by atoms with Gasteiger partial charge in [-0.25, -0.2) is 0 Å². The van der Waals surface area contributed by atoms with E-state index in [9.17, 15) is 0 Å². The highest BCUT2D eigenvalue weighted by molar-refractivity contribution is 5.27. The van der Waals surface area contributed by atoms with E-state index in [2.05, 4.69) is 45.1 Å². The summed E-state index contributed by atoms with van der Waals surface area (Å²) >= 11 is 0. The second kappa shape index (κ2) is 8.21. The molecule has 0 atom stereocenters. The number of benzene rings is 1. The minimum absolute atomic E-state index is 0.244. The average Bonchev–Trinajstić information content (AvgIpc) is 2.31. The maximum Gasteiger partial charge on any atom is 0.119 e. The van der Waals surface area contributed by atoms with E-state index in [1.54, 1.807) is 0 Å². The molecule has 0 aromatic heterocycles. The fourth-order valence-electron chi connectivity index (χ4n) is 1.94. The standard InChI is InChI=1S/C17H29NO/c1-15-10-9-11-16(14-15)19-13-8-6-5-7-12-18-17(2,3)4/h9-11,14,18H,5-8,12-13H2,1-4H3. The first-order valence-electron chi connectivity index (χ1n) is 7.42. The summed E-state index contributed by atoms with van der Waals surface area (Å²) in [6.45, 7) is 10.7. The van der Waals surface area contributed by atoms with Crippen LogP contribution in [0.1, 0.15) is 52.0 Å². The van der Waals surface area contributed by atoms with E-state index in [4.69, 9.17) is 4.74 Å². The molecule has 1 aromatic carbocycles. The number of rotatable bonds is 8. The number of hydrogen-bond acceptors (Lipinski definition) is 2. The number of hydrogen-bond donors (Lipinski definition) is 1. The maximum absolute atomic E-state index is 5.73. The van der Waals surface area contributed by atoms with E-state index < -0.39 is 0 Å². The molecule has 0 saturated carbocycles. The highest BCUT2D eigenvalue weighted by Crippen LogP contribution is 2.13. The van der Waals surface area contributed by atoms with Crippen molar-refractivity contribution in [1.29, 1.82) is 0 Å². The van der Waals surface area contributed by atoms with Crippen LogP contribution in [-0.4, -0.2) is 18.7 Å². The van der Waals surface area contributed by atoms with E-state index in [0.717, 1.165) is 25.3 Å². The molecule has 0 saturated heterocycles. The van der Waals surface area contributed by atoms with Gasteiger partial charge in [0.2, 0.25) is 0 Å². The Hall–Kier alpha value is -1.02. The second-order valence-corrected chi connectivity index (χ2v) is 6.26. The lowest BCUT2D eigenvalue weighted by molar-refractivity contribution is 0.303. The Morgan fingerprint density at radius 2 is 1.79 bits per heavy atom. The lowest BCUT2D eigenvalue weighted by Gasteiger charge is -2.20. The minimum atomic E-state index is 0.244. The molecule has 1 N–H and O–H groups in total. The van der Waals surface area contributed by atoms with Gasteiger partial charge in [-0.05, 0) is 64.8 Å². The lowest BCUT2D eigenvalue weighted by atomic mass is 10.1. The SMILES string of the molecule is Cc1cccc(OCCCCCCNC(C)(C)C)c1. The van der Waals surface area contributed by atoms with E-state index >= 15 is 0 Å². The van der Waals surface area contributed by atoms with Crippen molar-refractivity contribution in [1.82, 2.24) is 5.32 Å².